The van der Waals surface area contributed by atoms with Crippen LogP contribution in [0.1, 0.15) is 48.9 Å². The van der Waals surface area contributed by atoms with Crippen LogP contribution in [-0.2, 0) is 16.6 Å². The van der Waals surface area contributed by atoms with Gasteiger partial charge >= 0.3 is 0 Å². The third-order valence-electron chi connectivity index (χ3n) is 7.04. The summed E-state index contributed by atoms with van der Waals surface area (Å²) in [7, 11) is 3.43. The van der Waals surface area contributed by atoms with Crippen molar-refractivity contribution in [1.82, 2.24) is 0 Å². The lowest BCUT2D eigenvalue weighted by molar-refractivity contribution is 0.110. The number of phenols is 1. The zero-order valence-electron chi connectivity index (χ0n) is 20.5. The second-order valence-corrected chi connectivity index (χ2v) is 8.70. The molecule has 1 atom stereocenters. The number of phenolic OH excluding ortho intramolecular Hbond substituents is 1. The zero-order chi connectivity index (χ0) is 24.0. The first kappa shape index (κ1) is 24.8. The lowest BCUT2D eigenvalue weighted by Crippen LogP contribution is -2.26. The van der Waals surface area contributed by atoms with Gasteiger partial charge in [0.2, 0.25) is 0 Å². The number of benzene rings is 3. The fourth-order valence-corrected chi connectivity index (χ4v) is 4.76. The van der Waals surface area contributed by atoms with Crippen molar-refractivity contribution < 1.29 is 14.6 Å². The van der Waals surface area contributed by atoms with Crippen LogP contribution < -0.4 is 10.5 Å². The standard InChI is InChI=1S/C29H37NO3/c1-6-29(7-2,23-13-15-27(31)20(3)16-23)24-12-14-26(28(18-24)33-5)22-10-8-21(9-11-22)17-25(19-30)32-4/h8-16,18,25,31H,6-7,17,19,30H2,1-5H3. The van der Waals surface area contributed by atoms with Gasteiger partial charge in [0.05, 0.1) is 13.2 Å². The molecule has 0 heterocycles. The Balaban J connectivity index is 1.99. The lowest BCUT2D eigenvalue weighted by Gasteiger charge is -2.34. The molecular formula is C29H37NO3. The molecule has 0 fully saturated rings. The molecule has 0 bridgehead atoms. The van der Waals surface area contributed by atoms with Crippen LogP contribution in [-0.4, -0.2) is 32.0 Å². The number of rotatable bonds is 10. The Morgan fingerprint density at radius 3 is 2.09 bits per heavy atom. The van der Waals surface area contributed by atoms with E-state index in [0.29, 0.717) is 12.3 Å². The number of nitrogens with two attached hydrogens (primary N) is 1. The molecule has 4 heteroatoms. The number of methoxy groups -OCH3 is 2. The summed E-state index contributed by atoms with van der Waals surface area (Å²) in [5.41, 5.74) is 12.3. The molecule has 0 amide bonds. The predicted octanol–water partition coefficient (Wildman–Crippen LogP) is 6.00. The van der Waals surface area contributed by atoms with Crippen LogP contribution in [0.3, 0.4) is 0 Å². The van der Waals surface area contributed by atoms with Crippen LogP contribution in [0, 0.1) is 6.92 Å². The molecule has 33 heavy (non-hydrogen) atoms. The minimum atomic E-state index is -0.147. The van der Waals surface area contributed by atoms with E-state index in [1.807, 2.05) is 13.0 Å². The van der Waals surface area contributed by atoms with Crippen LogP contribution in [0.5, 0.6) is 11.5 Å². The number of hydrogen-bond acceptors (Lipinski definition) is 4. The molecule has 0 radical (unpaired) electrons. The molecule has 3 rings (SSSR count). The van der Waals surface area contributed by atoms with Crippen molar-refractivity contribution >= 4 is 0 Å². The van der Waals surface area contributed by atoms with Crippen molar-refractivity contribution in [2.24, 2.45) is 5.73 Å². The van der Waals surface area contributed by atoms with Crippen molar-refractivity contribution in [3.63, 3.8) is 0 Å². The van der Waals surface area contributed by atoms with Crippen molar-refractivity contribution in [1.29, 1.82) is 0 Å². The second kappa shape index (κ2) is 10.9. The van der Waals surface area contributed by atoms with E-state index < -0.39 is 0 Å². The van der Waals surface area contributed by atoms with Crippen molar-refractivity contribution in [2.75, 3.05) is 20.8 Å². The Bertz CT molecular complexity index is 1050. The van der Waals surface area contributed by atoms with Gasteiger partial charge in [-0.15, -0.1) is 0 Å². The molecule has 3 aromatic carbocycles. The molecule has 0 aromatic heterocycles. The maximum Gasteiger partial charge on any atom is 0.126 e. The van der Waals surface area contributed by atoms with E-state index in [9.17, 15) is 5.11 Å². The smallest absolute Gasteiger partial charge is 0.126 e. The van der Waals surface area contributed by atoms with E-state index in [4.69, 9.17) is 15.2 Å². The van der Waals surface area contributed by atoms with Crippen LogP contribution in [0.25, 0.3) is 11.1 Å². The van der Waals surface area contributed by atoms with Crippen LogP contribution in [0.15, 0.2) is 60.7 Å². The minimum Gasteiger partial charge on any atom is -0.508 e. The molecule has 1 unspecified atom stereocenters. The van der Waals surface area contributed by atoms with Gasteiger partial charge in [0, 0.05) is 24.6 Å². The van der Waals surface area contributed by atoms with Crippen LogP contribution in [0.2, 0.25) is 0 Å². The first-order valence-electron chi connectivity index (χ1n) is 11.7. The number of ether oxygens (including phenoxy) is 2. The molecule has 3 aromatic rings. The van der Waals surface area contributed by atoms with Gasteiger partial charge in [-0.05, 0) is 66.1 Å². The first-order valence-corrected chi connectivity index (χ1v) is 11.7. The Kier molecular flexibility index (Phi) is 8.17. The van der Waals surface area contributed by atoms with E-state index in [1.54, 1.807) is 20.3 Å². The van der Waals surface area contributed by atoms with E-state index in [0.717, 1.165) is 41.7 Å². The Morgan fingerprint density at radius 2 is 1.55 bits per heavy atom. The van der Waals surface area contributed by atoms with Crippen LogP contribution in [0.4, 0.5) is 0 Å². The molecule has 0 aliphatic heterocycles. The maximum atomic E-state index is 10.0. The van der Waals surface area contributed by atoms with Gasteiger partial charge in [0.1, 0.15) is 11.5 Å². The highest BCUT2D eigenvalue weighted by Gasteiger charge is 2.32. The third kappa shape index (κ3) is 5.07. The number of aryl methyl sites for hydroxylation is 1. The van der Waals surface area contributed by atoms with Gasteiger partial charge in [-0.25, -0.2) is 0 Å². The zero-order valence-corrected chi connectivity index (χ0v) is 20.5. The largest absolute Gasteiger partial charge is 0.508 e. The molecule has 0 saturated heterocycles. The van der Waals surface area contributed by atoms with Crippen molar-refractivity contribution in [2.45, 2.75) is 51.6 Å². The van der Waals surface area contributed by atoms with Gasteiger partial charge in [-0.1, -0.05) is 62.4 Å². The van der Waals surface area contributed by atoms with E-state index in [1.165, 1.54) is 16.7 Å². The summed E-state index contributed by atoms with van der Waals surface area (Å²) in [6.07, 6.45) is 2.73. The monoisotopic (exact) mass is 447 g/mol. The second-order valence-electron chi connectivity index (χ2n) is 8.70. The fraction of sp³-hybridized carbons (Fsp3) is 0.379. The summed E-state index contributed by atoms with van der Waals surface area (Å²) in [6.45, 7) is 6.90. The van der Waals surface area contributed by atoms with Gasteiger partial charge < -0.3 is 20.3 Å². The highest BCUT2D eigenvalue weighted by Crippen LogP contribution is 2.43. The first-order chi connectivity index (χ1) is 15.9. The normalized spacial score (nSPS) is 12.5. The lowest BCUT2D eigenvalue weighted by atomic mass is 9.70. The molecule has 0 aliphatic rings. The summed E-state index contributed by atoms with van der Waals surface area (Å²) in [5, 5.41) is 10.0. The fourth-order valence-electron chi connectivity index (χ4n) is 4.76. The van der Waals surface area contributed by atoms with Crippen LogP contribution >= 0.6 is 0 Å². The Hall–Kier alpha value is -2.82. The molecule has 0 spiro atoms. The highest BCUT2D eigenvalue weighted by molar-refractivity contribution is 5.71. The summed E-state index contributed by atoms with van der Waals surface area (Å²) in [6, 6.07) is 21.0. The summed E-state index contributed by atoms with van der Waals surface area (Å²) in [5.74, 6) is 1.19. The predicted molar refractivity (Wildman–Crippen MR) is 136 cm³/mol. The van der Waals surface area contributed by atoms with Gasteiger partial charge in [-0.2, -0.15) is 0 Å². The summed E-state index contributed by atoms with van der Waals surface area (Å²) < 4.78 is 11.3. The Morgan fingerprint density at radius 1 is 0.909 bits per heavy atom. The SMILES string of the molecule is CCC(CC)(c1ccc(O)c(C)c1)c1ccc(-c2ccc(CC(CN)OC)cc2)c(OC)c1. The van der Waals surface area contributed by atoms with Gasteiger partial charge in [-0.3, -0.25) is 0 Å². The molecule has 176 valence electrons. The van der Waals surface area contributed by atoms with Crippen molar-refractivity contribution in [3.05, 3.63) is 82.9 Å². The summed E-state index contributed by atoms with van der Waals surface area (Å²) >= 11 is 0. The van der Waals surface area contributed by atoms with E-state index in [2.05, 4.69) is 62.4 Å². The molecular weight excluding hydrogens is 410 g/mol. The summed E-state index contributed by atoms with van der Waals surface area (Å²) in [4.78, 5) is 0. The van der Waals surface area contributed by atoms with Gasteiger partial charge in [0.15, 0.2) is 0 Å². The molecule has 0 saturated carbocycles. The van der Waals surface area contributed by atoms with E-state index in [-0.39, 0.29) is 11.5 Å². The third-order valence-corrected chi connectivity index (χ3v) is 7.04. The molecule has 0 aliphatic carbocycles. The molecule has 3 N–H and O–H groups in total. The average molecular weight is 448 g/mol. The highest BCUT2D eigenvalue weighted by atomic mass is 16.5. The minimum absolute atomic E-state index is 0.0319. The Labute approximate surface area is 198 Å². The quantitative estimate of drug-likeness (QED) is 0.400. The number of hydrogen-bond donors (Lipinski definition) is 2. The van der Waals surface area contributed by atoms with E-state index >= 15 is 0 Å². The topological polar surface area (TPSA) is 64.7 Å². The maximum absolute atomic E-state index is 10.0. The van der Waals surface area contributed by atoms with Crippen molar-refractivity contribution in [3.8, 4) is 22.6 Å². The molecule has 4 nitrogen and oxygen atoms in total. The number of aromatic hydroxyl groups is 1. The van der Waals surface area contributed by atoms with Gasteiger partial charge in [0.25, 0.3) is 0 Å². The average Bonchev–Trinajstić information content (AvgIpc) is 2.86.